The zero-order valence-electron chi connectivity index (χ0n) is 11.5. The Labute approximate surface area is 115 Å². The third-order valence-electron chi connectivity index (χ3n) is 2.92. The van der Waals surface area contributed by atoms with Gasteiger partial charge in [-0.05, 0) is 63.8 Å². The molecule has 0 amide bonds. The van der Waals surface area contributed by atoms with Gasteiger partial charge in [0.25, 0.3) is 0 Å². The van der Waals surface area contributed by atoms with Crippen molar-refractivity contribution in [3.63, 3.8) is 0 Å². The highest BCUT2D eigenvalue weighted by Gasteiger charge is 2.16. The smallest absolute Gasteiger partial charge is 0.125 e. The van der Waals surface area contributed by atoms with Gasteiger partial charge in [0.05, 0.1) is 18.1 Å². The van der Waals surface area contributed by atoms with E-state index in [0.29, 0.717) is 6.61 Å². The second kappa shape index (κ2) is 6.11. The molecule has 0 aliphatic carbocycles. The first-order valence-electron chi connectivity index (χ1n) is 6.16. The Bertz CT molecular complexity index is 437. The van der Waals surface area contributed by atoms with E-state index in [4.69, 9.17) is 21.6 Å². The van der Waals surface area contributed by atoms with Crippen molar-refractivity contribution >= 4 is 11.6 Å². The highest BCUT2D eigenvalue weighted by Crippen LogP contribution is 2.28. The van der Waals surface area contributed by atoms with Crippen molar-refractivity contribution in [3.05, 3.63) is 28.3 Å². The third-order valence-corrected chi connectivity index (χ3v) is 3.14. The predicted molar refractivity (Wildman–Crippen MR) is 75.0 cm³/mol. The number of hydrogen-bond donors (Lipinski definition) is 0. The summed E-state index contributed by atoms with van der Waals surface area (Å²) in [5.41, 5.74) is 1.84. The van der Waals surface area contributed by atoms with Gasteiger partial charge < -0.3 is 4.74 Å². The van der Waals surface area contributed by atoms with Crippen molar-refractivity contribution in [2.75, 3.05) is 6.61 Å². The molecule has 0 aliphatic heterocycles. The van der Waals surface area contributed by atoms with Crippen LogP contribution in [0.3, 0.4) is 0 Å². The number of halogens is 1. The molecule has 0 fully saturated rings. The van der Waals surface area contributed by atoms with Crippen LogP contribution in [0.4, 0.5) is 0 Å². The summed E-state index contributed by atoms with van der Waals surface area (Å²) >= 11 is 5.97. The molecule has 0 bridgehead atoms. The Morgan fingerprint density at radius 2 is 1.83 bits per heavy atom. The summed E-state index contributed by atoms with van der Waals surface area (Å²) in [5, 5.41) is 9.66. The van der Waals surface area contributed by atoms with Gasteiger partial charge in [0.15, 0.2) is 0 Å². The van der Waals surface area contributed by atoms with Gasteiger partial charge in [0, 0.05) is 5.02 Å². The number of nitriles is 1. The third kappa shape index (κ3) is 4.23. The van der Waals surface area contributed by atoms with Crippen molar-refractivity contribution < 1.29 is 4.74 Å². The van der Waals surface area contributed by atoms with E-state index < -0.39 is 0 Å². The lowest BCUT2D eigenvalue weighted by atomic mass is 9.90. The molecule has 18 heavy (non-hydrogen) atoms. The molecule has 2 nitrogen and oxygen atoms in total. The second-order valence-electron chi connectivity index (χ2n) is 5.32. The molecule has 0 saturated carbocycles. The molecule has 0 unspecified atom stereocenters. The van der Waals surface area contributed by atoms with Crippen LogP contribution in [0.15, 0.2) is 12.1 Å². The fraction of sp³-hybridized carbons (Fsp3) is 0.533. The predicted octanol–water partition coefficient (Wildman–Crippen LogP) is 4.67. The van der Waals surface area contributed by atoms with Crippen molar-refractivity contribution in [1.29, 1.82) is 5.26 Å². The Morgan fingerprint density at radius 1 is 1.28 bits per heavy atom. The molecule has 0 spiro atoms. The largest absolute Gasteiger partial charge is 0.493 e. The maximum absolute atomic E-state index is 8.92. The summed E-state index contributed by atoms with van der Waals surface area (Å²) in [4.78, 5) is 0. The topological polar surface area (TPSA) is 33.0 Å². The van der Waals surface area contributed by atoms with Crippen LogP contribution in [-0.2, 0) is 0 Å². The van der Waals surface area contributed by atoms with Crippen LogP contribution >= 0.6 is 11.6 Å². The van der Waals surface area contributed by atoms with Gasteiger partial charge in [0.2, 0.25) is 0 Å². The van der Waals surface area contributed by atoms with Gasteiger partial charge in [-0.2, -0.15) is 5.26 Å². The molecular weight excluding hydrogens is 246 g/mol. The molecule has 0 saturated heterocycles. The van der Waals surface area contributed by atoms with Crippen molar-refractivity contribution in [2.24, 2.45) is 5.41 Å². The lowest BCUT2D eigenvalue weighted by molar-refractivity contribution is 0.281. The maximum atomic E-state index is 8.92. The molecule has 0 N–H and O–H groups in total. The minimum atomic E-state index is -0.270. The van der Waals surface area contributed by atoms with E-state index >= 15 is 0 Å². The summed E-state index contributed by atoms with van der Waals surface area (Å²) in [6, 6.07) is 6.11. The minimum Gasteiger partial charge on any atom is -0.493 e. The van der Waals surface area contributed by atoms with E-state index in [2.05, 4.69) is 6.07 Å². The molecule has 1 aromatic carbocycles. The molecule has 1 rings (SSSR count). The van der Waals surface area contributed by atoms with Crippen LogP contribution in [-0.4, -0.2) is 6.61 Å². The SMILES string of the molecule is Cc1cc(Cl)cc(C)c1OCCCC(C)(C)C#N. The Balaban J connectivity index is 2.53. The number of benzene rings is 1. The van der Waals surface area contributed by atoms with Crippen LogP contribution < -0.4 is 4.74 Å². The first-order chi connectivity index (χ1) is 8.35. The van der Waals surface area contributed by atoms with E-state index in [0.717, 1.165) is 34.7 Å². The minimum absolute atomic E-state index is 0.270. The highest BCUT2D eigenvalue weighted by molar-refractivity contribution is 6.30. The molecular formula is C15H20ClNO. The number of ether oxygens (including phenoxy) is 1. The normalized spacial score (nSPS) is 11.1. The molecule has 3 heteroatoms. The molecule has 98 valence electrons. The van der Waals surface area contributed by atoms with Crippen LogP contribution in [0.2, 0.25) is 5.02 Å². The summed E-state index contributed by atoms with van der Waals surface area (Å²) in [6.07, 6.45) is 1.72. The Hall–Kier alpha value is -1.20. The standard InChI is InChI=1S/C15H20ClNO/c1-11-8-13(16)9-12(2)14(11)18-7-5-6-15(3,4)10-17/h8-9H,5-7H2,1-4H3. The van der Waals surface area contributed by atoms with Gasteiger partial charge in [-0.15, -0.1) is 0 Å². The molecule has 0 heterocycles. The quantitative estimate of drug-likeness (QED) is 0.725. The monoisotopic (exact) mass is 265 g/mol. The highest BCUT2D eigenvalue weighted by atomic mass is 35.5. The average molecular weight is 266 g/mol. The van der Waals surface area contributed by atoms with Crippen LogP contribution in [0, 0.1) is 30.6 Å². The summed E-state index contributed by atoms with van der Waals surface area (Å²) < 4.78 is 5.79. The molecule has 0 aliphatic rings. The van der Waals surface area contributed by atoms with Gasteiger partial charge in [-0.1, -0.05) is 11.6 Å². The molecule has 0 radical (unpaired) electrons. The zero-order valence-corrected chi connectivity index (χ0v) is 12.3. The van der Waals surface area contributed by atoms with E-state index in [1.54, 1.807) is 0 Å². The van der Waals surface area contributed by atoms with Crippen LogP contribution in [0.1, 0.15) is 37.8 Å². The number of rotatable bonds is 5. The van der Waals surface area contributed by atoms with E-state index in [9.17, 15) is 0 Å². The lowest BCUT2D eigenvalue weighted by Crippen LogP contribution is -2.10. The van der Waals surface area contributed by atoms with Gasteiger partial charge in [-0.3, -0.25) is 0 Å². The van der Waals surface area contributed by atoms with Gasteiger partial charge in [0.1, 0.15) is 5.75 Å². The lowest BCUT2D eigenvalue weighted by Gasteiger charge is -2.16. The molecule has 1 aromatic rings. The fourth-order valence-corrected chi connectivity index (χ4v) is 2.20. The van der Waals surface area contributed by atoms with E-state index in [1.165, 1.54) is 0 Å². The Kier molecular flexibility index (Phi) is 5.04. The number of aryl methyl sites for hydroxylation is 2. The maximum Gasteiger partial charge on any atom is 0.125 e. The molecule has 0 aromatic heterocycles. The van der Waals surface area contributed by atoms with Crippen molar-refractivity contribution in [2.45, 2.75) is 40.5 Å². The second-order valence-corrected chi connectivity index (χ2v) is 5.75. The van der Waals surface area contributed by atoms with E-state index in [-0.39, 0.29) is 5.41 Å². The summed E-state index contributed by atoms with van der Waals surface area (Å²) in [5.74, 6) is 0.911. The Morgan fingerprint density at radius 3 is 2.33 bits per heavy atom. The fourth-order valence-electron chi connectivity index (χ4n) is 1.87. The number of hydrogen-bond acceptors (Lipinski definition) is 2. The first-order valence-corrected chi connectivity index (χ1v) is 6.54. The average Bonchev–Trinajstić information content (AvgIpc) is 2.26. The van der Waals surface area contributed by atoms with Crippen molar-refractivity contribution in [3.8, 4) is 11.8 Å². The van der Waals surface area contributed by atoms with Gasteiger partial charge >= 0.3 is 0 Å². The summed E-state index contributed by atoms with van der Waals surface area (Å²) in [7, 11) is 0. The zero-order chi connectivity index (χ0) is 13.8. The van der Waals surface area contributed by atoms with Crippen LogP contribution in [0.25, 0.3) is 0 Å². The first kappa shape index (κ1) is 14.9. The van der Waals surface area contributed by atoms with Gasteiger partial charge in [-0.25, -0.2) is 0 Å². The van der Waals surface area contributed by atoms with Crippen molar-refractivity contribution in [1.82, 2.24) is 0 Å². The van der Waals surface area contributed by atoms with E-state index in [1.807, 2.05) is 39.8 Å². The summed E-state index contributed by atoms with van der Waals surface area (Å²) in [6.45, 7) is 8.52. The molecule has 0 atom stereocenters. The number of nitrogens with zero attached hydrogens (tertiary/aromatic N) is 1. The van der Waals surface area contributed by atoms with Crippen LogP contribution in [0.5, 0.6) is 5.75 Å².